The lowest BCUT2D eigenvalue weighted by Gasteiger charge is -2.12. The number of nitrogens with one attached hydrogen (secondary N) is 1. The van der Waals surface area contributed by atoms with E-state index in [9.17, 15) is 14.4 Å². The second-order valence-corrected chi connectivity index (χ2v) is 9.47. The Balaban J connectivity index is 1.63. The molecule has 0 atom stereocenters. The SMILES string of the molecule is CC(C)COc1ccc(/C=C2\SC(=O)N(CC(=O)Nc3ccc(Br)c(Cl)c3)C2=O)cc1. The molecule has 2 aromatic carbocycles. The predicted molar refractivity (Wildman–Crippen MR) is 127 cm³/mol. The third-order valence-electron chi connectivity index (χ3n) is 4.14. The highest BCUT2D eigenvalue weighted by Crippen LogP contribution is 2.32. The van der Waals surface area contributed by atoms with Gasteiger partial charge in [-0.25, -0.2) is 0 Å². The van der Waals surface area contributed by atoms with Crippen LogP contribution < -0.4 is 10.1 Å². The van der Waals surface area contributed by atoms with Crippen molar-refractivity contribution in [1.82, 2.24) is 4.90 Å². The summed E-state index contributed by atoms with van der Waals surface area (Å²) in [5.74, 6) is 0.167. The van der Waals surface area contributed by atoms with Crippen molar-refractivity contribution in [2.75, 3.05) is 18.5 Å². The number of carbonyl (C=O) groups excluding carboxylic acids is 3. The first-order chi connectivity index (χ1) is 14.7. The Morgan fingerprint density at radius 3 is 2.58 bits per heavy atom. The van der Waals surface area contributed by atoms with Gasteiger partial charge in [-0.3, -0.25) is 19.3 Å². The zero-order valence-corrected chi connectivity index (χ0v) is 20.0. The third kappa shape index (κ3) is 6.35. The Labute approximate surface area is 198 Å². The number of imide groups is 1. The fourth-order valence-corrected chi connectivity index (χ4v) is 3.89. The molecule has 0 bridgehead atoms. The topological polar surface area (TPSA) is 75.7 Å². The summed E-state index contributed by atoms with van der Waals surface area (Å²) in [5.41, 5.74) is 1.23. The molecule has 9 heteroatoms. The number of hydrogen-bond donors (Lipinski definition) is 1. The van der Waals surface area contributed by atoms with Gasteiger partial charge in [-0.05, 0) is 75.6 Å². The standard InChI is InChI=1S/C22H20BrClN2O4S/c1-13(2)12-30-16-6-3-14(4-7-16)9-19-21(28)26(22(29)31-19)11-20(27)25-15-5-8-17(23)18(24)10-15/h3-10,13H,11-12H2,1-2H3,(H,25,27)/b19-9-. The maximum atomic E-state index is 12.6. The smallest absolute Gasteiger partial charge is 0.294 e. The number of anilines is 1. The fourth-order valence-electron chi connectivity index (χ4n) is 2.63. The van der Waals surface area contributed by atoms with Crippen LogP contribution in [0.25, 0.3) is 6.08 Å². The molecule has 0 spiro atoms. The van der Waals surface area contributed by atoms with E-state index in [0.717, 1.165) is 28.0 Å². The molecular formula is C22H20BrClN2O4S. The molecule has 1 aliphatic heterocycles. The minimum Gasteiger partial charge on any atom is -0.493 e. The monoisotopic (exact) mass is 522 g/mol. The minimum atomic E-state index is -0.501. The van der Waals surface area contributed by atoms with Crippen LogP contribution in [0.4, 0.5) is 10.5 Å². The molecule has 162 valence electrons. The van der Waals surface area contributed by atoms with E-state index in [1.54, 1.807) is 24.3 Å². The number of thioether (sulfide) groups is 1. The first-order valence-electron chi connectivity index (χ1n) is 9.46. The highest BCUT2D eigenvalue weighted by Gasteiger charge is 2.36. The van der Waals surface area contributed by atoms with Crippen LogP contribution in [0, 0.1) is 5.92 Å². The van der Waals surface area contributed by atoms with E-state index in [2.05, 4.69) is 35.1 Å². The van der Waals surface area contributed by atoms with Crippen LogP contribution in [-0.4, -0.2) is 35.1 Å². The average Bonchev–Trinajstić information content (AvgIpc) is 2.97. The molecule has 31 heavy (non-hydrogen) atoms. The van der Waals surface area contributed by atoms with Gasteiger partial charge in [-0.15, -0.1) is 0 Å². The minimum absolute atomic E-state index is 0.264. The number of hydrogen-bond acceptors (Lipinski definition) is 5. The van der Waals surface area contributed by atoms with Gasteiger partial charge in [0.15, 0.2) is 0 Å². The predicted octanol–water partition coefficient (Wildman–Crippen LogP) is 5.81. The normalized spacial score (nSPS) is 15.1. The molecule has 1 heterocycles. The quantitative estimate of drug-likeness (QED) is 0.463. The Morgan fingerprint density at radius 2 is 1.94 bits per heavy atom. The summed E-state index contributed by atoms with van der Waals surface area (Å²) in [6.07, 6.45) is 1.63. The number of carbonyl (C=O) groups is 3. The van der Waals surface area contributed by atoms with Gasteiger partial charge in [0.1, 0.15) is 12.3 Å². The summed E-state index contributed by atoms with van der Waals surface area (Å²) in [6.45, 7) is 4.38. The van der Waals surface area contributed by atoms with E-state index in [1.165, 1.54) is 0 Å². The van der Waals surface area contributed by atoms with Gasteiger partial charge in [0.05, 0.1) is 16.5 Å². The number of ether oxygens (including phenoxy) is 1. The molecule has 0 radical (unpaired) electrons. The third-order valence-corrected chi connectivity index (χ3v) is 6.28. The lowest BCUT2D eigenvalue weighted by atomic mass is 10.2. The van der Waals surface area contributed by atoms with Crippen molar-refractivity contribution in [3.8, 4) is 5.75 Å². The molecule has 0 aliphatic carbocycles. The van der Waals surface area contributed by atoms with Crippen LogP contribution >= 0.6 is 39.3 Å². The van der Waals surface area contributed by atoms with Crippen molar-refractivity contribution in [2.45, 2.75) is 13.8 Å². The molecule has 1 saturated heterocycles. The molecule has 3 amide bonds. The average molecular weight is 524 g/mol. The Hall–Kier alpha value is -2.29. The van der Waals surface area contributed by atoms with Gasteiger partial charge in [0.25, 0.3) is 11.1 Å². The van der Waals surface area contributed by atoms with Gasteiger partial charge in [0.2, 0.25) is 5.91 Å². The second kappa shape index (κ2) is 10.3. The zero-order valence-electron chi connectivity index (χ0n) is 16.9. The van der Waals surface area contributed by atoms with Crippen molar-refractivity contribution in [2.24, 2.45) is 5.92 Å². The van der Waals surface area contributed by atoms with Crippen LogP contribution in [0.5, 0.6) is 5.75 Å². The molecule has 6 nitrogen and oxygen atoms in total. The van der Waals surface area contributed by atoms with E-state index in [-0.39, 0.29) is 11.4 Å². The van der Waals surface area contributed by atoms with Crippen LogP contribution in [0.2, 0.25) is 5.02 Å². The van der Waals surface area contributed by atoms with E-state index < -0.39 is 17.1 Å². The maximum Gasteiger partial charge on any atom is 0.294 e. The van der Waals surface area contributed by atoms with Gasteiger partial charge in [0, 0.05) is 10.2 Å². The van der Waals surface area contributed by atoms with Gasteiger partial charge >= 0.3 is 0 Å². The lowest BCUT2D eigenvalue weighted by Crippen LogP contribution is -2.36. The molecule has 1 N–H and O–H groups in total. The van der Waals surface area contributed by atoms with Crippen LogP contribution in [0.15, 0.2) is 51.8 Å². The summed E-state index contributed by atoms with van der Waals surface area (Å²) in [6, 6.07) is 12.2. The van der Waals surface area contributed by atoms with Crippen molar-refractivity contribution in [1.29, 1.82) is 0 Å². The van der Waals surface area contributed by atoms with Crippen molar-refractivity contribution < 1.29 is 19.1 Å². The number of amides is 3. The summed E-state index contributed by atoms with van der Waals surface area (Å²) in [7, 11) is 0. The number of halogens is 2. The lowest BCUT2D eigenvalue weighted by molar-refractivity contribution is -0.127. The van der Waals surface area contributed by atoms with E-state index in [4.69, 9.17) is 16.3 Å². The highest BCUT2D eigenvalue weighted by molar-refractivity contribution is 9.10. The van der Waals surface area contributed by atoms with Crippen LogP contribution in [0.3, 0.4) is 0 Å². The molecule has 0 saturated carbocycles. The summed E-state index contributed by atoms with van der Waals surface area (Å²) < 4.78 is 6.34. The van der Waals surface area contributed by atoms with Crippen LogP contribution in [0.1, 0.15) is 19.4 Å². The summed E-state index contributed by atoms with van der Waals surface area (Å²) >= 11 is 10.1. The van der Waals surface area contributed by atoms with Crippen molar-refractivity contribution in [3.63, 3.8) is 0 Å². The van der Waals surface area contributed by atoms with Gasteiger partial charge in [-0.2, -0.15) is 0 Å². The molecular weight excluding hydrogens is 504 g/mol. The zero-order chi connectivity index (χ0) is 22.5. The Bertz CT molecular complexity index is 1040. The maximum absolute atomic E-state index is 12.6. The molecule has 3 rings (SSSR count). The van der Waals surface area contributed by atoms with Crippen LogP contribution in [-0.2, 0) is 9.59 Å². The Morgan fingerprint density at radius 1 is 1.23 bits per heavy atom. The van der Waals surface area contributed by atoms with E-state index in [0.29, 0.717) is 27.7 Å². The summed E-state index contributed by atoms with van der Waals surface area (Å²) in [5, 5.41) is 2.58. The van der Waals surface area contributed by atoms with Crippen molar-refractivity contribution in [3.05, 3.63) is 62.4 Å². The molecule has 1 aliphatic rings. The van der Waals surface area contributed by atoms with E-state index in [1.807, 2.05) is 24.3 Å². The Kier molecular flexibility index (Phi) is 7.80. The number of nitrogens with zero attached hydrogens (tertiary/aromatic N) is 1. The number of benzene rings is 2. The summed E-state index contributed by atoms with van der Waals surface area (Å²) in [4.78, 5) is 38.4. The largest absolute Gasteiger partial charge is 0.493 e. The first-order valence-corrected chi connectivity index (χ1v) is 11.4. The second-order valence-electron chi connectivity index (χ2n) is 7.22. The molecule has 1 fully saturated rings. The van der Waals surface area contributed by atoms with E-state index >= 15 is 0 Å². The molecule has 2 aromatic rings. The number of rotatable bonds is 7. The molecule has 0 aromatic heterocycles. The van der Waals surface area contributed by atoms with Gasteiger partial charge in [-0.1, -0.05) is 37.6 Å². The van der Waals surface area contributed by atoms with Gasteiger partial charge < -0.3 is 10.1 Å². The van der Waals surface area contributed by atoms with Crippen molar-refractivity contribution >= 4 is 68.1 Å². The highest BCUT2D eigenvalue weighted by atomic mass is 79.9. The first kappa shape index (κ1) is 23.4. The molecule has 0 unspecified atom stereocenters. The fraction of sp³-hybridized carbons (Fsp3) is 0.227.